The lowest BCUT2D eigenvalue weighted by atomic mass is 10.0. The molecule has 0 radical (unpaired) electrons. The van der Waals surface area contributed by atoms with Crippen molar-refractivity contribution in [3.05, 3.63) is 41.6 Å². The minimum Gasteiger partial charge on any atom is -0.305 e. The van der Waals surface area contributed by atoms with E-state index in [-0.39, 0.29) is 5.56 Å². The van der Waals surface area contributed by atoms with Gasteiger partial charge < -0.3 is 5.32 Å². The van der Waals surface area contributed by atoms with Gasteiger partial charge in [0.2, 0.25) is 0 Å². The van der Waals surface area contributed by atoms with Gasteiger partial charge in [-0.15, -0.1) is 0 Å². The van der Waals surface area contributed by atoms with E-state index in [4.69, 9.17) is 0 Å². The van der Waals surface area contributed by atoms with Gasteiger partial charge in [0.05, 0.1) is 11.8 Å². The van der Waals surface area contributed by atoms with Crippen molar-refractivity contribution >= 4 is 11.7 Å². The maximum atomic E-state index is 13.4. The first kappa shape index (κ1) is 14.2. The number of hydrogen-bond donors (Lipinski definition) is 2. The summed E-state index contributed by atoms with van der Waals surface area (Å²) in [4.78, 5) is 15.5. The number of rotatable bonds is 5. The van der Waals surface area contributed by atoms with Crippen molar-refractivity contribution in [3.63, 3.8) is 0 Å². The molecule has 0 fully saturated rings. The van der Waals surface area contributed by atoms with Crippen molar-refractivity contribution in [1.29, 1.82) is 0 Å². The third kappa shape index (κ3) is 3.20. The second-order valence-electron chi connectivity index (χ2n) is 4.71. The SMILES string of the molecule is CCC[C@@H](C)c1cc(NC(=O)c2ccncc2F)n[nH]1. The molecular formula is C14H17FN4O. The van der Waals surface area contributed by atoms with Crippen molar-refractivity contribution in [3.8, 4) is 0 Å². The Balaban J connectivity index is 2.07. The Hall–Kier alpha value is -2.24. The van der Waals surface area contributed by atoms with E-state index in [9.17, 15) is 9.18 Å². The third-order valence-electron chi connectivity index (χ3n) is 3.11. The first-order valence-electron chi connectivity index (χ1n) is 6.58. The predicted octanol–water partition coefficient (Wildman–Crippen LogP) is 3.10. The first-order valence-corrected chi connectivity index (χ1v) is 6.58. The molecular weight excluding hydrogens is 259 g/mol. The molecule has 0 unspecified atom stereocenters. The predicted molar refractivity (Wildman–Crippen MR) is 74.1 cm³/mol. The van der Waals surface area contributed by atoms with Crippen LogP contribution in [0.2, 0.25) is 0 Å². The van der Waals surface area contributed by atoms with Gasteiger partial charge in [0, 0.05) is 18.0 Å². The minimum atomic E-state index is -0.653. The molecule has 0 aliphatic rings. The number of amides is 1. The zero-order valence-corrected chi connectivity index (χ0v) is 11.5. The zero-order valence-electron chi connectivity index (χ0n) is 11.5. The average molecular weight is 276 g/mol. The number of pyridine rings is 1. The molecule has 2 aromatic rings. The van der Waals surface area contributed by atoms with Crippen LogP contribution in [0.25, 0.3) is 0 Å². The summed E-state index contributed by atoms with van der Waals surface area (Å²) >= 11 is 0. The van der Waals surface area contributed by atoms with Gasteiger partial charge in [-0.1, -0.05) is 20.3 Å². The highest BCUT2D eigenvalue weighted by molar-refractivity contribution is 6.03. The third-order valence-corrected chi connectivity index (χ3v) is 3.11. The molecule has 0 bridgehead atoms. The van der Waals surface area contributed by atoms with Gasteiger partial charge >= 0.3 is 0 Å². The van der Waals surface area contributed by atoms with Crippen LogP contribution in [0.5, 0.6) is 0 Å². The number of nitrogens with one attached hydrogen (secondary N) is 2. The topological polar surface area (TPSA) is 70.7 Å². The Kier molecular flexibility index (Phi) is 4.45. The molecule has 0 aromatic carbocycles. The lowest BCUT2D eigenvalue weighted by Gasteiger charge is -2.05. The van der Waals surface area contributed by atoms with Gasteiger partial charge in [0.25, 0.3) is 5.91 Å². The fourth-order valence-electron chi connectivity index (χ4n) is 1.98. The van der Waals surface area contributed by atoms with Gasteiger partial charge in [-0.3, -0.25) is 14.9 Å². The molecule has 2 heterocycles. The average Bonchev–Trinajstić information content (AvgIpc) is 2.88. The Morgan fingerprint density at radius 2 is 2.35 bits per heavy atom. The maximum absolute atomic E-state index is 13.4. The highest BCUT2D eigenvalue weighted by atomic mass is 19.1. The van der Waals surface area contributed by atoms with E-state index in [2.05, 4.69) is 34.3 Å². The number of hydrogen-bond acceptors (Lipinski definition) is 3. The molecule has 6 heteroatoms. The molecule has 20 heavy (non-hydrogen) atoms. The fourth-order valence-corrected chi connectivity index (χ4v) is 1.98. The number of carbonyl (C=O) groups is 1. The molecule has 2 rings (SSSR count). The monoisotopic (exact) mass is 276 g/mol. The number of carbonyl (C=O) groups excluding carboxylic acids is 1. The summed E-state index contributed by atoms with van der Waals surface area (Å²) in [5, 5.41) is 9.48. The van der Waals surface area contributed by atoms with Crippen LogP contribution in [0.15, 0.2) is 24.5 Å². The molecule has 1 amide bonds. The smallest absolute Gasteiger partial charge is 0.259 e. The van der Waals surface area contributed by atoms with Crippen LogP contribution >= 0.6 is 0 Å². The van der Waals surface area contributed by atoms with Crippen molar-refractivity contribution in [1.82, 2.24) is 15.2 Å². The second kappa shape index (κ2) is 6.27. The van der Waals surface area contributed by atoms with E-state index in [0.717, 1.165) is 24.7 Å². The number of anilines is 1. The zero-order chi connectivity index (χ0) is 14.5. The summed E-state index contributed by atoms with van der Waals surface area (Å²) < 4.78 is 13.4. The molecule has 0 aliphatic heterocycles. The van der Waals surface area contributed by atoms with Crippen molar-refractivity contribution in [2.24, 2.45) is 0 Å². The van der Waals surface area contributed by atoms with Gasteiger partial charge in [-0.05, 0) is 18.4 Å². The largest absolute Gasteiger partial charge is 0.305 e. The van der Waals surface area contributed by atoms with E-state index in [1.54, 1.807) is 6.07 Å². The second-order valence-corrected chi connectivity index (χ2v) is 4.71. The van der Waals surface area contributed by atoms with Crippen LogP contribution in [0.1, 0.15) is 48.7 Å². The Bertz CT molecular complexity index is 596. The first-order chi connectivity index (χ1) is 9.61. The van der Waals surface area contributed by atoms with Crippen LogP contribution < -0.4 is 5.32 Å². The molecule has 106 valence electrons. The summed E-state index contributed by atoms with van der Waals surface area (Å²) in [6.07, 6.45) is 4.49. The standard InChI is InChI=1S/C14H17FN4O/c1-3-4-9(2)12-7-13(19-18-12)17-14(20)10-5-6-16-8-11(10)15/h5-9H,3-4H2,1-2H3,(H2,17,18,19,20)/t9-/m1/s1. The highest BCUT2D eigenvalue weighted by Gasteiger charge is 2.14. The highest BCUT2D eigenvalue weighted by Crippen LogP contribution is 2.20. The molecule has 0 saturated carbocycles. The van der Waals surface area contributed by atoms with E-state index in [1.807, 2.05) is 0 Å². The Labute approximate surface area is 116 Å². The van der Waals surface area contributed by atoms with Crippen LogP contribution in [0.3, 0.4) is 0 Å². The molecule has 0 aliphatic carbocycles. The normalized spacial score (nSPS) is 12.2. The van der Waals surface area contributed by atoms with Gasteiger partial charge in [-0.25, -0.2) is 4.39 Å². The summed E-state index contributed by atoms with van der Waals surface area (Å²) in [5.74, 6) is -0.453. The van der Waals surface area contributed by atoms with Crippen LogP contribution in [-0.2, 0) is 0 Å². The minimum absolute atomic E-state index is 0.0499. The van der Waals surface area contributed by atoms with Crippen molar-refractivity contribution < 1.29 is 9.18 Å². The maximum Gasteiger partial charge on any atom is 0.259 e. The fraction of sp³-hybridized carbons (Fsp3) is 0.357. The molecule has 0 saturated heterocycles. The Morgan fingerprint density at radius 3 is 3.05 bits per heavy atom. The van der Waals surface area contributed by atoms with Crippen molar-refractivity contribution in [2.75, 3.05) is 5.32 Å². The quantitative estimate of drug-likeness (QED) is 0.881. The number of aromatic amines is 1. The lowest BCUT2D eigenvalue weighted by Crippen LogP contribution is -2.14. The number of nitrogens with zero attached hydrogens (tertiary/aromatic N) is 2. The van der Waals surface area contributed by atoms with Gasteiger partial charge in [0.15, 0.2) is 11.6 Å². The van der Waals surface area contributed by atoms with E-state index < -0.39 is 11.7 Å². The van der Waals surface area contributed by atoms with Gasteiger partial charge in [0.1, 0.15) is 0 Å². The summed E-state index contributed by atoms with van der Waals surface area (Å²) in [6.45, 7) is 4.20. The molecule has 5 nitrogen and oxygen atoms in total. The number of H-pyrrole nitrogens is 1. The molecule has 0 spiro atoms. The summed E-state index contributed by atoms with van der Waals surface area (Å²) in [6, 6.07) is 3.11. The van der Waals surface area contributed by atoms with Crippen molar-refractivity contribution in [2.45, 2.75) is 32.6 Å². The number of halogens is 1. The summed E-state index contributed by atoms with van der Waals surface area (Å²) in [7, 11) is 0. The molecule has 2 aromatic heterocycles. The van der Waals surface area contributed by atoms with E-state index >= 15 is 0 Å². The lowest BCUT2D eigenvalue weighted by molar-refractivity contribution is 0.102. The van der Waals surface area contributed by atoms with Gasteiger partial charge in [-0.2, -0.15) is 5.10 Å². The molecule has 1 atom stereocenters. The molecule has 2 N–H and O–H groups in total. The number of aromatic nitrogens is 3. The van der Waals surface area contributed by atoms with E-state index in [1.165, 1.54) is 12.3 Å². The van der Waals surface area contributed by atoms with Crippen LogP contribution in [-0.4, -0.2) is 21.1 Å². The van der Waals surface area contributed by atoms with E-state index in [0.29, 0.717) is 11.7 Å². The van der Waals surface area contributed by atoms with Crippen LogP contribution in [0, 0.1) is 5.82 Å². The Morgan fingerprint density at radius 1 is 1.55 bits per heavy atom. The van der Waals surface area contributed by atoms with Crippen LogP contribution in [0.4, 0.5) is 10.2 Å². The summed E-state index contributed by atoms with van der Waals surface area (Å²) in [5.41, 5.74) is 0.906.